The van der Waals surface area contributed by atoms with Gasteiger partial charge in [-0.2, -0.15) is 0 Å². The van der Waals surface area contributed by atoms with Crippen LogP contribution >= 0.6 is 0 Å². The SMILES string of the molecule is COCCCNC(=O)C1CCCN1C(=O)c1ccc(NC(=O)c2ccccc2)cc1. The Morgan fingerprint density at radius 3 is 2.47 bits per heavy atom. The first-order chi connectivity index (χ1) is 14.6. The van der Waals surface area contributed by atoms with Crippen molar-refractivity contribution in [2.75, 3.05) is 32.1 Å². The van der Waals surface area contributed by atoms with Crippen LogP contribution in [0.1, 0.15) is 40.0 Å². The van der Waals surface area contributed by atoms with Crippen molar-refractivity contribution in [1.82, 2.24) is 10.2 Å². The molecule has 0 spiro atoms. The molecule has 1 aliphatic rings. The summed E-state index contributed by atoms with van der Waals surface area (Å²) < 4.78 is 4.98. The van der Waals surface area contributed by atoms with Gasteiger partial charge in [-0.15, -0.1) is 0 Å². The van der Waals surface area contributed by atoms with Gasteiger partial charge in [0.25, 0.3) is 11.8 Å². The van der Waals surface area contributed by atoms with Crippen molar-refractivity contribution >= 4 is 23.4 Å². The Bertz CT molecular complexity index is 868. The molecule has 158 valence electrons. The van der Waals surface area contributed by atoms with Crippen LogP contribution in [0.5, 0.6) is 0 Å². The van der Waals surface area contributed by atoms with Gasteiger partial charge in [-0.1, -0.05) is 18.2 Å². The number of ether oxygens (including phenoxy) is 1. The largest absolute Gasteiger partial charge is 0.385 e. The van der Waals surface area contributed by atoms with Crippen LogP contribution in [0.15, 0.2) is 54.6 Å². The molecule has 2 aromatic carbocycles. The van der Waals surface area contributed by atoms with Gasteiger partial charge in [-0.3, -0.25) is 14.4 Å². The summed E-state index contributed by atoms with van der Waals surface area (Å²) in [6.07, 6.45) is 2.19. The molecule has 7 heteroatoms. The number of benzene rings is 2. The quantitative estimate of drug-likeness (QED) is 0.656. The number of nitrogens with one attached hydrogen (secondary N) is 2. The van der Waals surface area contributed by atoms with Crippen LogP contribution in [0.3, 0.4) is 0 Å². The number of carbonyl (C=O) groups is 3. The maximum absolute atomic E-state index is 12.9. The third kappa shape index (κ3) is 5.45. The van der Waals surface area contributed by atoms with Gasteiger partial charge in [0.15, 0.2) is 0 Å². The monoisotopic (exact) mass is 409 g/mol. The highest BCUT2D eigenvalue weighted by molar-refractivity contribution is 6.04. The van der Waals surface area contributed by atoms with Gasteiger partial charge in [0, 0.05) is 43.6 Å². The predicted octanol–water partition coefficient (Wildman–Crippen LogP) is 2.70. The lowest BCUT2D eigenvalue weighted by atomic mass is 10.1. The molecular weight excluding hydrogens is 382 g/mol. The average Bonchev–Trinajstić information content (AvgIpc) is 3.27. The normalized spacial score (nSPS) is 15.6. The van der Waals surface area contributed by atoms with Crippen LogP contribution in [0.4, 0.5) is 5.69 Å². The van der Waals surface area contributed by atoms with E-state index in [9.17, 15) is 14.4 Å². The number of carbonyl (C=O) groups excluding carboxylic acids is 3. The molecule has 30 heavy (non-hydrogen) atoms. The van der Waals surface area contributed by atoms with Crippen molar-refractivity contribution in [2.45, 2.75) is 25.3 Å². The van der Waals surface area contributed by atoms with Crippen LogP contribution < -0.4 is 10.6 Å². The Balaban J connectivity index is 1.59. The lowest BCUT2D eigenvalue weighted by Gasteiger charge is -2.24. The second-order valence-corrected chi connectivity index (χ2v) is 7.19. The molecule has 0 aliphatic carbocycles. The Kier molecular flexibility index (Phi) is 7.57. The zero-order valence-corrected chi connectivity index (χ0v) is 17.1. The van der Waals surface area contributed by atoms with Crippen molar-refractivity contribution in [3.05, 3.63) is 65.7 Å². The minimum absolute atomic E-state index is 0.122. The third-order valence-electron chi connectivity index (χ3n) is 5.07. The highest BCUT2D eigenvalue weighted by atomic mass is 16.5. The van der Waals surface area contributed by atoms with E-state index >= 15 is 0 Å². The molecule has 1 atom stereocenters. The van der Waals surface area contributed by atoms with E-state index in [-0.39, 0.29) is 17.7 Å². The summed E-state index contributed by atoms with van der Waals surface area (Å²) >= 11 is 0. The fraction of sp³-hybridized carbons (Fsp3) is 0.348. The average molecular weight is 409 g/mol. The molecule has 3 amide bonds. The second-order valence-electron chi connectivity index (χ2n) is 7.19. The number of amides is 3. The smallest absolute Gasteiger partial charge is 0.255 e. The molecule has 0 saturated carbocycles. The first kappa shape index (κ1) is 21.5. The maximum atomic E-state index is 12.9. The molecule has 0 radical (unpaired) electrons. The van der Waals surface area contributed by atoms with Gasteiger partial charge in [0.1, 0.15) is 6.04 Å². The summed E-state index contributed by atoms with van der Waals surface area (Å²) in [6.45, 7) is 1.67. The number of hydrogen-bond donors (Lipinski definition) is 2. The van der Waals surface area contributed by atoms with E-state index in [1.807, 2.05) is 6.07 Å². The van der Waals surface area contributed by atoms with Crippen molar-refractivity contribution in [2.24, 2.45) is 0 Å². The molecule has 1 aliphatic heterocycles. The van der Waals surface area contributed by atoms with Gasteiger partial charge in [0.2, 0.25) is 5.91 Å². The van der Waals surface area contributed by atoms with Gasteiger partial charge in [-0.05, 0) is 55.7 Å². The molecule has 0 aromatic heterocycles. The second kappa shape index (κ2) is 10.5. The first-order valence-electron chi connectivity index (χ1n) is 10.1. The molecule has 1 heterocycles. The van der Waals surface area contributed by atoms with Crippen molar-refractivity contribution in [1.29, 1.82) is 0 Å². The van der Waals surface area contributed by atoms with Crippen LogP contribution in [-0.2, 0) is 9.53 Å². The third-order valence-corrected chi connectivity index (χ3v) is 5.07. The molecule has 1 fully saturated rings. The van der Waals surface area contributed by atoms with Crippen molar-refractivity contribution in [3.8, 4) is 0 Å². The molecule has 1 saturated heterocycles. The van der Waals surface area contributed by atoms with E-state index in [0.717, 1.165) is 12.8 Å². The van der Waals surface area contributed by atoms with Crippen LogP contribution in [0.25, 0.3) is 0 Å². The van der Waals surface area contributed by atoms with Gasteiger partial charge in [0.05, 0.1) is 0 Å². The van der Waals surface area contributed by atoms with E-state index in [0.29, 0.717) is 42.9 Å². The maximum Gasteiger partial charge on any atom is 0.255 e. The van der Waals surface area contributed by atoms with E-state index in [4.69, 9.17) is 4.74 Å². The highest BCUT2D eigenvalue weighted by Gasteiger charge is 2.34. The zero-order chi connectivity index (χ0) is 21.3. The number of likely N-dealkylation sites (tertiary alicyclic amines) is 1. The summed E-state index contributed by atoms with van der Waals surface area (Å²) in [4.78, 5) is 39.3. The standard InChI is InChI=1S/C23H27N3O4/c1-30-16-6-14-24-22(28)20-9-5-15-26(20)23(29)18-10-12-19(13-11-18)25-21(27)17-7-3-2-4-8-17/h2-4,7-8,10-13,20H,5-6,9,14-16H2,1H3,(H,24,28)(H,25,27). The van der Waals surface area contributed by atoms with Crippen LogP contribution in [0, 0.1) is 0 Å². The van der Waals surface area contributed by atoms with Crippen molar-refractivity contribution < 1.29 is 19.1 Å². The zero-order valence-electron chi connectivity index (χ0n) is 17.1. The minimum atomic E-state index is -0.447. The van der Waals surface area contributed by atoms with Gasteiger partial charge < -0.3 is 20.3 Å². The van der Waals surface area contributed by atoms with Crippen LogP contribution in [0.2, 0.25) is 0 Å². The lowest BCUT2D eigenvalue weighted by Crippen LogP contribution is -2.46. The van der Waals surface area contributed by atoms with Crippen LogP contribution in [-0.4, -0.2) is 55.5 Å². The Morgan fingerprint density at radius 2 is 1.77 bits per heavy atom. The topological polar surface area (TPSA) is 87.7 Å². The van der Waals surface area contributed by atoms with E-state index < -0.39 is 6.04 Å². The number of hydrogen-bond acceptors (Lipinski definition) is 4. The summed E-state index contributed by atoms with van der Waals surface area (Å²) in [5.74, 6) is -0.506. The fourth-order valence-corrected chi connectivity index (χ4v) is 3.48. The van der Waals surface area contributed by atoms with Crippen molar-refractivity contribution in [3.63, 3.8) is 0 Å². The Hall–Kier alpha value is -3.19. The first-order valence-corrected chi connectivity index (χ1v) is 10.1. The molecule has 2 aromatic rings. The number of anilines is 1. The lowest BCUT2D eigenvalue weighted by molar-refractivity contribution is -0.124. The molecule has 2 N–H and O–H groups in total. The Labute approximate surface area is 176 Å². The van der Waals surface area contributed by atoms with E-state index in [1.54, 1.807) is 60.5 Å². The molecule has 0 bridgehead atoms. The summed E-state index contributed by atoms with van der Waals surface area (Å²) in [5, 5.41) is 5.70. The number of methoxy groups -OCH3 is 1. The number of nitrogens with zero attached hydrogens (tertiary/aromatic N) is 1. The minimum Gasteiger partial charge on any atom is -0.385 e. The van der Waals surface area contributed by atoms with Gasteiger partial charge >= 0.3 is 0 Å². The van der Waals surface area contributed by atoms with Gasteiger partial charge in [-0.25, -0.2) is 0 Å². The molecule has 7 nitrogen and oxygen atoms in total. The van der Waals surface area contributed by atoms with E-state index in [2.05, 4.69) is 10.6 Å². The highest BCUT2D eigenvalue weighted by Crippen LogP contribution is 2.21. The molecule has 3 rings (SSSR count). The molecule has 1 unspecified atom stereocenters. The summed E-state index contributed by atoms with van der Waals surface area (Å²) in [5.41, 5.74) is 1.66. The summed E-state index contributed by atoms with van der Waals surface area (Å²) in [6, 6.07) is 15.2. The Morgan fingerprint density at radius 1 is 1.03 bits per heavy atom. The fourth-order valence-electron chi connectivity index (χ4n) is 3.48. The predicted molar refractivity (Wildman–Crippen MR) is 114 cm³/mol. The molecular formula is C23H27N3O4. The number of rotatable bonds is 8. The van der Waals surface area contributed by atoms with E-state index in [1.165, 1.54) is 0 Å². The summed E-state index contributed by atoms with van der Waals surface area (Å²) in [7, 11) is 1.62.